The Labute approximate surface area is 150 Å². The van der Waals surface area contributed by atoms with Gasteiger partial charge in [0, 0.05) is 45.3 Å². The summed E-state index contributed by atoms with van der Waals surface area (Å²) in [6.07, 6.45) is 4.26. The minimum absolute atomic E-state index is 0.151. The van der Waals surface area contributed by atoms with Crippen LogP contribution < -0.4 is 0 Å². The Balaban J connectivity index is 1.38. The van der Waals surface area contributed by atoms with Gasteiger partial charge in [0.15, 0.2) is 0 Å². The summed E-state index contributed by atoms with van der Waals surface area (Å²) >= 11 is 0. The Bertz CT molecular complexity index is 566. The van der Waals surface area contributed by atoms with Crippen molar-refractivity contribution in [1.29, 1.82) is 0 Å². The molecule has 4 nitrogen and oxygen atoms in total. The molecule has 2 fully saturated rings. The molecule has 5 heteroatoms. The van der Waals surface area contributed by atoms with Gasteiger partial charge >= 0.3 is 0 Å². The van der Waals surface area contributed by atoms with E-state index in [0.717, 1.165) is 70.5 Å². The normalized spacial score (nSPS) is 20.8. The fourth-order valence-electron chi connectivity index (χ4n) is 3.87. The SMILES string of the molecule is C[C@@H](CCc1cccc(F)c1)N1CCN(CC(=O)N2CCCC2)CC1. The number of hydrogen-bond acceptors (Lipinski definition) is 3. The maximum Gasteiger partial charge on any atom is 0.236 e. The molecule has 0 bridgehead atoms. The predicted octanol–water partition coefficient (Wildman–Crippen LogP) is 2.39. The first-order valence-corrected chi connectivity index (χ1v) is 9.60. The van der Waals surface area contributed by atoms with Crippen molar-refractivity contribution in [2.45, 2.75) is 38.6 Å². The van der Waals surface area contributed by atoms with Crippen molar-refractivity contribution in [1.82, 2.24) is 14.7 Å². The van der Waals surface area contributed by atoms with Crippen LogP contribution in [0.15, 0.2) is 24.3 Å². The Kier molecular flexibility index (Phi) is 6.43. The van der Waals surface area contributed by atoms with Crippen molar-refractivity contribution in [3.63, 3.8) is 0 Å². The van der Waals surface area contributed by atoms with Crippen LogP contribution in [0.3, 0.4) is 0 Å². The van der Waals surface area contributed by atoms with Crippen molar-refractivity contribution in [2.24, 2.45) is 0 Å². The quantitative estimate of drug-likeness (QED) is 0.791. The molecular weight excluding hydrogens is 317 g/mol. The van der Waals surface area contributed by atoms with E-state index in [0.29, 0.717) is 18.5 Å². The number of nitrogens with zero attached hydrogens (tertiary/aromatic N) is 3. The third kappa shape index (κ3) is 5.25. The number of amides is 1. The van der Waals surface area contributed by atoms with Crippen molar-refractivity contribution >= 4 is 5.91 Å². The second kappa shape index (κ2) is 8.77. The zero-order chi connectivity index (χ0) is 17.6. The number of carbonyl (C=O) groups is 1. The lowest BCUT2D eigenvalue weighted by Crippen LogP contribution is -2.52. The van der Waals surface area contributed by atoms with Crippen LogP contribution in [0.25, 0.3) is 0 Å². The molecule has 0 aliphatic carbocycles. The number of aryl methyl sites for hydroxylation is 1. The Morgan fingerprint density at radius 3 is 2.52 bits per heavy atom. The number of benzene rings is 1. The van der Waals surface area contributed by atoms with Gasteiger partial charge in [0.2, 0.25) is 5.91 Å². The molecule has 1 aromatic rings. The lowest BCUT2D eigenvalue weighted by Gasteiger charge is -2.38. The van der Waals surface area contributed by atoms with Crippen molar-refractivity contribution < 1.29 is 9.18 Å². The van der Waals surface area contributed by atoms with Crippen LogP contribution >= 0.6 is 0 Å². The summed E-state index contributed by atoms with van der Waals surface area (Å²) in [6, 6.07) is 7.40. The first-order chi connectivity index (χ1) is 12.1. The van der Waals surface area contributed by atoms with E-state index >= 15 is 0 Å². The fourth-order valence-corrected chi connectivity index (χ4v) is 3.87. The summed E-state index contributed by atoms with van der Waals surface area (Å²) in [5, 5.41) is 0. The van der Waals surface area contributed by atoms with Gasteiger partial charge in [-0.25, -0.2) is 4.39 Å². The molecule has 0 unspecified atom stereocenters. The number of piperazine rings is 1. The van der Waals surface area contributed by atoms with Crippen LogP contribution in [0.1, 0.15) is 31.7 Å². The van der Waals surface area contributed by atoms with Gasteiger partial charge < -0.3 is 4.90 Å². The van der Waals surface area contributed by atoms with Gasteiger partial charge in [-0.2, -0.15) is 0 Å². The fraction of sp³-hybridized carbons (Fsp3) is 0.650. The maximum absolute atomic E-state index is 13.3. The number of hydrogen-bond donors (Lipinski definition) is 0. The van der Waals surface area contributed by atoms with Crippen LogP contribution in [-0.4, -0.2) is 72.5 Å². The number of rotatable bonds is 6. The molecule has 0 radical (unpaired) electrons. The molecule has 0 saturated carbocycles. The largest absolute Gasteiger partial charge is 0.342 e. The van der Waals surface area contributed by atoms with Gasteiger partial charge in [-0.15, -0.1) is 0 Å². The highest BCUT2D eigenvalue weighted by atomic mass is 19.1. The zero-order valence-corrected chi connectivity index (χ0v) is 15.3. The van der Waals surface area contributed by atoms with Gasteiger partial charge in [0.25, 0.3) is 0 Å². The summed E-state index contributed by atoms with van der Waals surface area (Å²) in [6.45, 7) is 8.66. The molecule has 1 atom stereocenters. The third-order valence-corrected chi connectivity index (χ3v) is 5.59. The topological polar surface area (TPSA) is 26.8 Å². The molecule has 1 amide bonds. The van der Waals surface area contributed by atoms with E-state index in [4.69, 9.17) is 0 Å². The van der Waals surface area contributed by atoms with Crippen LogP contribution in [0, 0.1) is 5.82 Å². The Morgan fingerprint density at radius 2 is 1.84 bits per heavy atom. The lowest BCUT2D eigenvalue weighted by atomic mass is 10.0. The summed E-state index contributed by atoms with van der Waals surface area (Å²) in [4.78, 5) is 19.0. The molecule has 2 aliphatic rings. The monoisotopic (exact) mass is 347 g/mol. The summed E-state index contributed by atoms with van der Waals surface area (Å²) in [5.74, 6) is 0.145. The summed E-state index contributed by atoms with van der Waals surface area (Å²) < 4.78 is 13.3. The van der Waals surface area contributed by atoms with E-state index in [-0.39, 0.29) is 5.82 Å². The van der Waals surface area contributed by atoms with Gasteiger partial charge in [-0.05, 0) is 50.3 Å². The summed E-state index contributed by atoms with van der Waals surface area (Å²) in [5.41, 5.74) is 1.07. The molecule has 0 aromatic heterocycles. The second-order valence-corrected chi connectivity index (χ2v) is 7.42. The number of carbonyl (C=O) groups excluding carboxylic acids is 1. The van der Waals surface area contributed by atoms with Gasteiger partial charge in [0.1, 0.15) is 5.82 Å². The van der Waals surface area contributed by atoms with Crippen molar-refractivity contribution in [3.05, 3.63) is 35.6 Å². The number of likely N-dealkylation sites (tertiary alicyclic amines) is 1. The Morgan fingerprint density at radius 1 is 1.12 bits per heavy atom. The van der Waals surface area contributed by atoms with E-state index in [1.165, 1.54) is 6.07 Å². The van der Waals surface area contributed by atoms with E-state index < -0.39 is 0 Å². The highest BCUT2D eigenvalue weighted by molar-refractivity contribution is 5.78. The molecule has 2 heterocycles. The summed E-state index contributed by atoms with van der Waals surface area (Å²) in [7, 11) is 0. The van der Waals surface area contributed by atoms with E-state index in [1.807, 2.05) is 11.0 Å². The first kappa shape index (κ1) is 18.3. The van der Waals surface area contributed by atoms with Crippen LogP contribution in [0.4, 0.5) is 4.39 Å². The van der Waals surface area contributed by atoms with E-state index in [2.05, 4.69) is 16.7 Å². The maximum atomic E-state index is 13.3. The average molecular weight is 347 g/mol. The third-order valence-electron chi connectivity index (χ3n) is 5.59. The lowest BCUT2D eigenvalue weighted by molar-refractivity contribution is -0.131. The Hall–Kier alpha value is -1.46. The zero-order valence-electron chi connectivity index (χ0n) is 15.3. The van der Waals surface area contributed by atoms with Crippen molar-refractivity contribution in [2.75, 3.05) is 45.8 Å². The molecule has 0 N–H and O–H groups in total. The smallest absolute Gasteiger partial charge is 0.236 e. The molecule has 138 valence electrons. The highest BCUT2D eigenvalue weighted by Gasteiger charge is 2.25. The van der Waals surface area contributed by atoms with Crippen molar-refractivity contribution in [3.8, 4) is 0 Å². The molecule has 2 aliphatic heterocycles. The highest BCUT2D eigenvalue weighted by Crippen LogP contribution is 2.14. The van der Waals surface area contributed by atoms with E-state index in [9.17, 15) is 9.18 Å². The van der Waals surface area contributed by atoms with Crippen LogP contribution in [0.5, 0.6) is 0 Å². The first-order valence-electron chi connectivity index (χ1n) is 9.60. The molecule has 1 aromatic carbocycles. The van der Waals surface area contributed by atoms with Crippen LogP contribution in [0.2, 0.25) is 0 Å². The minimum atomic E-state index is -0.151. The molecule has 0 spiro atoms. The van der Waals surface area contributed by atoms with Gasteiger partial charge in [-0.1, -0.05) is 12.1 Å². The van der Waals surface area contributed by atoms with Crippen LogP contribution in [-0.2, 0) is 11.2 Å². The minimum Gasteiger partial charge on any atom is -0.342 e. The molecule has 2 saturated heterocycles. The average Bonchev–Trinajstić information content (AvgIpc) is 3.15. The predicted molar refractivity (Wildman–Crippen MR) is 98.0 cm³/mol. The molecule has 25 heavy (non-hydrogen) atoms. The van der Waals surface area contributed by atoms with E-state index in [1.54, 1.807) is 12.1 Å². The standard InChI is InChI=1S/C20H30FN3O/c1-17(7-8-18-5-4-6-19(21)15-18)23-13-11-22(12-14-23)16-20(25)24-9-2-3-10-24/h4-6,15,17H,2-3,7-14,16H2,1H3/t17-/m0/s1. The van der Waals surface area contributed by atoms with Gasteiger partial charge in [-0.3, -0.25) is 14.6 Å². The number of halogens is 1. The second-order valence-electron chi connectivity index (χ2n) is 7.42. The van der Waals surface area contributed by atoms with Gasteiger partial charge in [0.05, 0.1) is 6.54 Å². The molecular formula is C20H30FN3O. The molecule has 3 rings (SSSR count).